The summed E-state index contributed by atoms with van der Waals surface area (Å²) in [7, 11) is 0. The van der Waals surface area contributed by atoms with Crippen LogP contribution < -0.4 is 0 Å². The standard InChI is InChI=1S/C19H21BrN4O2/c1-12(2)19(3,14-4-6-15(20)7-5-14)18-22-17(26-23-18)13-8-21-24(9-13)16-10-25-11-16/h4-9,12,16H,10-11H2,1-3H3. The second-order valence-electron chi connectivity index (χ2n) is 7.19. The summed E-state index contributed by atoms with van der Waals surface area (Å²) in [5.74, 6) is 1.48. The van der Waals surface area contributed by atoms with E-state index in [-0.39, 0.29) is 5.41 Å². The maximum Gasteiger partial charge on any atom is 0.261 e. The predicted octanol–water partition coefficient (Wildman–Crippen LogP) is 4.23. The number of hydrogen-bond donors (Lipinski definition) is 0. The molecule has 136 valence electrons. The van der Waals surface area contributed by atoms with Crippen LogP contribution in [0.5, 0.6) is 0 Å². The van der Waals surface area contributed by atoms with Crippen molar-refractivity contribution in [2.24, 2.45) is 5.92 Å². The van der Waals surface area contributed by atoms with Crippen LogP contribution in [0.4, 0.5) is 0 Å². The van der Waals surface area contributed by atoms with E-state index in [1.54, 1.807) is 6.20 Å². The largest absolute Gasteiger partial charge is 0.377 e. The number of rotatable bonds is 5. The fourth-order valence-electron chi connectivity index (χ4n) is 3.09. The maximum atomic E-state index is 5.58. The third kappa shape index (κ3) is 2.89. The van der Waals surface area contributed by atoms with E-state index in [0.717, 1.165) is 15.6 Å². The summed E-state index contributed by atoms with van der Waals surface area (Å²) in [5.41, 5.74) is 1.64. The summed E-state index contributed by atoms with van der Waals surface area (Å²) >= 11 is 3.50. The fraction of sp³-hybridized carbons (Fsp3) is 0.421. The van der Waals surface area contributed by atoms with Crippen molar-refractivity contribution in [3.05, 3.63) is 52.5 Å². The van der Waals surface area contributed by atoms with Crippen molar-refractivity contribution in [1.29, 1.82) is 0 Å². The highest BCUT2D eigenvalue weighted by Gasteiger charge is 2.37. The molecule has 0 N–H and O–H groups in total. The first-order valence-corrected chi connectivity index (χ1v) is 9.50. The summed E-state index contributed by atoms with van der Waals surface area (Å²) < 4.78 is 13.8. The molecule has 1 saturated heterocycles. The third-order valence-electron chi connectivity index (χ3n) is 5.33. The normalized spacial score (nSPS) is 17.3. The second kappa shape index (κ2) is 6.63. The minimum absolute atomic E-state index is 0.295. The fourth-order valence-corrected chi connectivity index (χ4v) is 3.36. The van der Waals surface area contributed by atoms with Crippen LogP contribution in [0.3, 0.4) is 0 Å². The van der Waals surface area contributed by atoms with Gasteiger partial charge in [-0.2, -0.15) is 10.1 Å². The van der Waals surface area contributed by atoms with E-state index >= 15 is 0 Å². The molecule has 0 bridgehead atoms. The molecule has 26 heavy (non-hydrogen) atoms. The lowest BCUT2D eigenvalue weighted by Gasteiger charge is -2.31. The predicted molar refractivity (Wildman–Crippen MR) is 101 cm³/mol. The number of benzene rings is 1. The lowest BCUT2D eigenvalue weighted by molar-refractivity contribution is -0.0286. The van der Waals surface area contributed by atoms with Gasteiger partial charge in [0.05, 0.1) is 36.4 Å². The Morgan fingerprint density at radius 2 is 1.96 bits per heavy atom. The van der Waals surface area contributed by atoms with Crippen molar-refractivity contribution in [3.8, 4) is 11.5 Å². The highest BCUT2D eigenvalue weighted by molar-refractivity contribution is 9.10. The number of ether oxygens (including phenoxy) is 1. The van der Waals surface area contributed by atoms with Crippen LogP contribution in [0.25, 0.3) is 11.5 Å². The molecule has 0 saturated carbocycles. The van der Waals surface area contributed by atoms with E-state index < -0.39 is 0 Å². The first-order chi connectivity index (χ1) is 12.5. The van der Waals surface area contributed by atoms with Gasteiger partial charge in [0.2, 0.25) is 0 Å². The van der Waals surface area contributed by atoms with E-state index in [4.69, 9.17) is 14.2 Å². The van der Waals surface area contributed by atoms with Crippen molar-refractivity contribution in [2.45, 2.75) is 32.2 Å². The topological polar surface area (TPSA) is 66.0 Å². The molecule has 1 aliphatic heterocycles. The molecular weight excluding hydrogens is 396 g/mol. The molecule has 0 amide bonds. The molecule has 1 aromatic carbocycles. The highest BCUT2D eigenvalue weighted by Crippen LogP contribution is 2.38. The minimum Gasteiger partial charge on any atom is -0.377 e. The van der Waals surface area contributed by atoms with Crippen LogP contribution in [0, 0.1) is 5.92 Å². The second-order valence-corrected chi connectivity index (χ2v) is 8.10. The average molecular weight is 417 g/mol. The van der Waals surface area contributed by atoms with E-state index in [1.165, 1.54) is 0 Å². The lowest BCUT2D eigenvalue weighted by Crippen LogP contribution is -2.31. The van der Waals surface area contributed by atoms with Crippen molar-refractivity contribution in [2.75, 3.05) is 13.2 Å². The maximum absolute atomic E-state index is 5.58. The smallest absolute Gasteiger partial charge is 0.261 e. The number of nitrogens with zero attached hydrogens (tertiary/aromatic N) is 4. The molecule has 0 spiro atoms. The van der Waals surface area contributed by atoms with Gasteiger partial charge < -0.3 is 9.26 Å². The Kier molecular flexibility index (Phi) is 4.44. The molecule has 6 nitrogen and oxygen atoms in total. The Labute approximate surface area is 160 Å². The van der Waals surface area contributed by atoms with Gasteiger partial charge >= 0.3 is 0 Å². The molecule has 1 unspecified atom stereocenters. The van der Waals surface area contributed by atoms with Gasteiger partial charge in [-0.1, -0.05) is 47.1 Å². The van der Waals surface area contributed by atoms with Gasteiger partial charge in [0.25, 0.3) is 5.89 Å². The van der Waals surface area contributed by atoms with Gasteiger partial charge in [-0.25, -0.2) is 0 Å². The van der Waals surface area contributed by atoms with Gasteiger partial charge in [-0.3, -0.25) is 4.68 Å². The first-order valence-electron chi connectivity index (χ1n) is 8.71. The van der Waals surface area contributed by atoms with E-state index in [1.807, 2.05) is 23.0 Å². The molecule has 1 fully saturated rings. The zero-order valence-electron chi connectivity index (χ0n) is 15.0. The zero-order valence-corrected chi connectivity index (χ0v) is 16.6. The van der Waals surface area contributed by atoms with Crippen LogP contribution in [0.1, 0.15) is 38.2 Å². The molecule has 3 heterocycles. The number of hydrogen-bond acceptors (Lipinski definition) is 5. The Morgan fingerprint density at radius 3 is 2.58 bits per heavy atom. The van der Waals surface area contributed by atoms with Crippen LogP contribution >= 0.6 is 15.9 Å². The van der Waals surface area contributed by atoms with Crippen LogP contribution in [-0.2, 0) is 10.2 Å². The molecule has 4 rings (SSSR count). The Balaban J connectivity index is 1.68. The van der Waals surface area contributed by atoms with E-state index in [2.05, 4.69) is 59.1 Å². The van der Waals surface area contributed by atoms with Crippen LogP contribution in [0.15, 0.2) is 45.7 Å². The molecule has 7 heteroatoms. The molecule has 1 aliphatic rings. The zero-order chi connectivity index (χ0) is 18.3. The van der Waals surface area contributed by atoms with Gasteiger partial charge in [-0.15, -0.1) is 0 Å². The Bertz CT molecular complexity index is 898. The summed E-state index contributed by atoms with van der Waals surface area (Å²) in [6, 6.07) is 8.60. The lowest BCUT2D eigenvalue weighted by atomic mass is 9.73. The highest BCUT2D eigenvalue weighted by atomic mass is 79.9. The SMILES string of the molecule is CC(C)C(C)(c1ccc(Br)cc1)c1noc(-c2cnn(C3COC3)c2)n1. The monoisotopic (exact) mass is 416 g/mol. The number of aromatic nitrogens is 4. The molecule has 2 aromatic heterocycles. The van der Waals surface area contributed by atoms with Crippen molar-refractivity contribution in [1.82, 2.24) is 19.9 Å². The Hall–Kier alpha value is -1.99. The molecule has 0 radical (unpaired) electrons. The number of halogens is 1. The van der Waals surface area contributed by atoms with Crippen LogP contribution in [-0.4, -0.2) is 33.1 Å². The Morgan fingerprint density at radius 1 is 1.23 bits per heavy atom. The van der Waals surface area contributed by atoms with Gasteiger partial charge in [0, 0.05) is 10.7 Å². The summed E-state index contributed by atoms with van der Waals surface area (Å²) in [6.45, 7) is 7.90. The van der Waals surface area contributed by atoms with Crippen molar-refractivity contribution in [3.63, 3.8) is 0 Å². The van der Waals surface area contributed by atoms with E-state index in [0.29, 0.717) is 36.9 Å². The molecule has 1 atom stereocenters. The van der Waals surface area contributed by atoms with Gasteiger partial charge in [-0.05, 0) is 30.5 Å². The summed E-state index contributed by atoms with van der Waals surface area (Å²) in [5, 5.41) is 8.71. The van der Waals surface area contributed by atoms with Gasteiger partial charge in [0.1, 0.15) is 0 Å². The molecular formula is C19H21BrN4O2. The third-order valence-corrected chi connectivity index (χ3v) is 5.86. The minimum atomic E-state index is -0.347. The van der Waals surface area contributed by atoms with Crippen LogP contribution in [0.2, 0.25) is 0 Å². The van der Waals surface area contributed by atoms with Crippen molar-refractivity contribution < 1.29 is 9.26 Å². The molecule has 3 aromatic rings. The molecule has 0 aliphatic carbocycles. The first kappa shape index (κ1) is 17.4. The van der Waals surface area contributed by atoms with Gasteiger partial charge in [0.15, 0.2) is 5.82 Å². The van der Waals surface area contributed by atoms with Crippen molar-refractivity contribution >= 4 is 15.9 Å². The average Bonchev–Trinajstić information content (AvgIpc) is 3.22. The summed E-state index contributed by atoms with van der Waals surface area (Å²) in [4.78, 5) is 4.72. The quantitative estimate of drug-likeness (QED) is 0.622. The van der Waals surface area contributed by atoms with E-state index in [9.17, 15) is 0 Å². The summed E-state index contributed by atoms with van der Waals surface area (Å²) in [6.07, 6.45) is 3.71.